The third-order valence-corrected chi connectivity index (χ3v) is 3.47. The number of benzene rings is 1. The summed E-state index contributed by atoms with van der Waals surface area (Å²) >= 11 is 1.26. The highest BCUT2D eigenvalue weighted by Crippen LogP contribution is 2.20. The van der Waals surface area contributed by atoms with Crippen molar-refractivity contribution in [2.45, 2.75) is 19.9 Å². The first-order valence-corrected chi connectivity index (χ1v) is 6.28. The SMILES string of the molecule is C#CCn1c(=NC(=O)CC)sc2cccc(F)c21. The number of para-hydroxylation sites is 1. The lowest BCUT2D eigenvalue weighted by atomic mass is 10.3. The normalized spacial score (nSPS) is 11.7. The van der Waals surface area contributed by atoms with Crippen molar-refractivity contribution in [2.75, 3.05) is 0 Å². The van der Waals surface area contributed by atoms with Gasteiger partial charge in [-0.05, 0) is 12.1 Å². The molecule has 0 saturated carbocycles. The summed E-state index contributed by atoms with van der Waals surface area (Å²) in [6.45, 7) is 1.92. The predicted molar refractivity (Wildman–Crippen MR) is 69.5 cm³/mol. The summed E-state index contributed by atoms with van der Waals surface area (Å²) < 4.78 is 16.1. The molecule has 2 rings (SSSR count). The van der Waals surface area contributed by atoms with Gasteiger partial charge in [0.1, 0.15) is 5.82 Å². The number of rotatable bonds is 2. The van der Waals surface area contributed by atoms with E-state index in [1.165, 1.54) is 17.4 Å². The summed E-state index contributed by atoms with van der Waals surface area (Å²) in [4.78, 5) is 15.8. The number of aromatic nitrogens is 1. The molecule has 0 unspecified atom stereocenters. The van der Waals surface area contributed by atoms with Crippen LogP contribution in [0.25, 0.3) is 10.2 Å². The lowest BCUT2D eigenvalue weighted by molar-refractivity contribution is -0.117. The third kappa shape index (κ3) is 2.20. The van der Waals surface area contributed by atoms with Gasteiger partial charge in [0, 0.05) is 6.42 Å². The van der Waals surface area contributed by atoms with Crippen molar-refractivity contribution in [1.82, 2.24) is 4.57 Å². The van der Waals surface area contributed by atoms with Gasteiger partial charge >= 0.3 is 0 Å². The van der Waals surface area contributed by atoms with Crippen LogP contribution in [-0.2, 0) is 11.3 Å². The van der Waals surface area contributed by atoms with Gasteiger partial charge in [0.25, 0.3) is 0 Å². The van der Waals surface area contributed by atoms with Gasteiger partial charge in [-0.1, -0.05) is 30.2 Å². The number of hydrogen-bond donors (Lipinski definition) is 0. The Bertz CT molecular complexity index is 706. The Kier molecular flexibility index (Phi) is 3.58. The van der Waals surface area contributed by atoms with Gasteiger partial charge in [-0.2, -0.15) is 4.99 Å². The van der Waals surface area contributed by atoms with E-state index < -0.39 is 0 Å². The number of carbonyl (C=O) groups is 1. The fourth-order valence-electron chi connectivity index (χ4n) is 1.60. The summed E-state index contributed by atoms with van der Waals surface area (Å²) in [6.07, 6.45) is 5.59. The molecule has 5 heteroatoms. The Balaban J connectivity index is 2.79. The summed E-state index contributed by atoms with van der Waals surface area (Å²) in [5, 5.41) is 0. The Morgan fingerprint density at radius 3 is 3.06 bits per heavy atom. The second kappa shape index (κ2) is 5.15. The average molecular weight is 262 g/mol. The van der Waals surface area contributed by atoms with Gasteiger partial charge in [-0.3, -0.25) is 4.79 Å². The van der Waals surface area contributed by atoms with Crippen molar-refractivity contribution in [3.63, 3.8) is 0 Å². The minimum absolute atomic E-state index is 0.191. The van der Waals surface area contributed by atoms with Crippen LogP contribution in [0.5, 0.6) is 0 Å². The van der Waals surface area contributed by atoms with Crippen LogP contribution in [0.3, 0.4) is 0 Å². The van der Waals surface area contributed by atoms with E-state index in [4.69, 9.17) is 6.42 Å². The van der Waals surface area contributed by atoms with Crippen molar-refractivity contribution >= 4 is 27.5 Å². The minimum Gasteiger partial charge on any atom is -0.302 e. The van der Waals surface area contributed by atoms with Gasteiger partial charge < -0.3 is 4.57 Å². The lowest BCUT2D eigenvalue weighted by Crippen LogP contribution is -2.16. The molecule has 0 spiro atoms. The smallest absolute Gasteiger partial charge is 0.248 e. The molecule has 0 aliphatic carbocycles. The van der Waals surface area contributed by atoms with E-state index in [1.54, 1.807) is 23.6 Å². The summed E-state index contributed by atoms with van der Waals surface area (Å²) in [7, 11) is 0. The van der Waals surface area contributed by atoms with Crippen molar-refractivity contribution < 1.29 is 9.18 Å². The fourth-order valence-corrected chi connectivity index (χ4v) is 2.66. The van der Waals surface area contributed by atoms with Crippen molar-refractivity contribution in [1.29, 1.82) is 0 Å². The first-order valence-electron chi connectivity index (χ1n) is 5.46. The monoisotopic (exact) mass is 262 g/mol. The van der Waals surface area contributed by atoms with E-state index in [2.05, 4.69) is 10.9 Å². The maximum Gasteiger partial charge on any atom is 0.248 e. The zero-order chi connectivity index (χ0) is 13.1. The van der Waals surface area contributed by atoms with Gasteiger partial charge in [0.15, 0.2) is 4.80 Å². The molecule has 92 valence electrons. The van der Waals surface area contributed by atoms with Crippen LogP contribution in [-0.4, -0.2) is 10.5 Å². The van der Waals surface area contributed by atoms with E-state index in [0.717, 1.165) is 4.70 Å². The van der Waals surface area contributed by atoms with Crippen LogP contribution in [0, 0.1) is 18.2 Å². The molecule has 2 aromatic rings. The standard InChI is InChI=1S/C13H11FN2OS/c1-3-8-16-12-9(14)6-5-7-10(12)18-13(16)15-11(17)4-2/h1,5-7H,4,8H2,2H3. The Morgan fingerprint density at radius 2 is 2.39 bits per heavy atom. The van der Waals surface area contributed by atoms with Crippen molar-refractivity contribution in [2.24, 2.45) is 4.99 Å². The summed E-state index contributed by atoms with van der Waals surface area (Å²) in [5.41, 5.74) is 0.406. The van der Waals surface area contributed by atoms with E-state index in [1.807, 2.05) is 0 Å². The quantitative estimate of drug-likeness (QED) is 0.765. The third-order valence-electron chi connectivity index (χ3n) is 2.42. The van der Waals surface area contributed by atoms with Crippen LogP contribution < -0.4 is 4.80 Å². The maximum absolute atomic E-state index is 13.8. The number of carbonyl (C=O) groups excluding carboxylic acids is 1. The van der Waals surface area contributed by atoms with Gasteiger partial charge in [0.05, 0.1) is 16.8 Å². The highest BCUT2D eigenvalue weighted by Gasteiger charge is 2.10. The molecule has 0 bridgehead atoms. The summed E-state index contributed by atoms with van der Waals surface area (Å²) in [6, 6.07) is 4.78. The van der Waals surface area contributed by atoms with Gasteiger partial charge in [-0.15, -0.1) is 6.42 Å². The van der Waals surface area contributed by atoms with Crippen molar-refractivity contribution in [3.05, 3.63) is 28.8 Å². The molecule has 0 aliphatic rings. The number of thiazole rings is 1. The predicted octanol–water partition coefficient (Wildman–Crippen LogP) is 2.31. The van der Waals surface area contributed by atoms with E-state index >= 15 is 0 Å². The average Bonchev–Trinajstić information content (AvgIpc) is 2.69. The lowest BCUT2D eigenvalue weighted by Gasteiger charge is -2.00. The molecule has 1 heterocycles. The molecular weight excluding hydrogens is 251 g/mol. The second-order valence-corrected chi connectivity index (χ2v) is 4.63. The number of hydrogen-bond acceptors (Lipinski definition) is 2. The summed E-state index contributed by atoms with van der Waals surface area (Å²) in [5.74, 6) is 1.85. The first kappa shape index (κ1) is 12.5. The molecule has 3 nitrogen and oxygen atoms in total. The fraction of sp³-hybridized carbons (Fsp3) is 0.231. The zero-order valence-electron chi connectivity index (χ0n) is 9.81. The van der Waals surface area contributed by atoms with E-state index in [-0.39, 0.29) is 18.3 Å². The highest BCUT2D eigenvalue weighted by molar-refractivity contribution is 7.16. The number of nitrogens with zero attached hydrogens (tertiary/aromatic N) is 2. The van der Waals surface area contributed by atoms with Crippen molar-refractivity contribution in [3.8, 4) is 12.3 Å². The Hall–Kier alpha value is -1.93. The zero-order valence-corrected chi connectivity index (χ0v) is 10.6. The molecule has 0 saturated heterocycles. The molecule has 0 radical (unpaired) electrons. The second-order valence-electron chi connectivity index (χ2n) is 3.62. The van der Waals surface area contributed by atoms with Crippen LogP contribution in [0.2, 0.25) is 0 Å². The molecule has 0 atom stereocenters. The highest BCUT2D eigenvalue weighted by atomic mass is 32.1. The Morgan fingerprint density at radius 1 is 1.61 bits per heavy atom. The number of fused-ring (bicyclic) bond motifs is 1. The number of halogens is 1. The Labute approximate surface area is 108 Å². The molecule has 1 amide bonds. The largest absolute Gasteiger partial charge is 0.302 e. The molecule has 0 fully saturated rings. The van der Waals surface area contributed by atoms with Crippen LogP contribution in [0.4, 0.5) is 4.39 Å². The van der Waals surface area contributed by atoms with Crippen LogP contribution >= 0.6 is 11.3 Å². The van der Waals surface area contributed by atoms with Gasteiger partial charge in [-0.25, -0.2) is 4.39 Å². The number of terminal acetylenes is 1. The van der Waals surface area contributed by atoms with Crippen LogP contribution in [0.1, 0.15) is 13.3 Å². The number of amides is 1. The first-order chi connectivity index (χ1) is 8.67. The van der Waals surface area contributed by atoms with Crippen LogP contribution in [0.15, 0.2) is 23.2 Å². The molecule has 1 aromatic carbocycles. The van der Waals surface area contributed by atoms with E-state index in [0.29, 0.717) is 16.7 Å². The topological polar surface area (TPSA) is 34.4 Å². The minimum atomic E-state index is -0.357. The molecule has 0 aliphatic heterocycles. The molecule has 0 N–H and O–H groups in total. The molecule has 1 aromatic heterocycles. The molecular formula is C13H11FN2OS. The maximum atomic E-state index is 13.8. The molecule has 18 heavy (non-hydrogen) atoms. The van der Waals surface area contributed by atoms with E-state index in [9.17, 15) is 9.18 Å². The van der Waals surface area contributed by atoms with Gasteiger partial charge in [0.2, 0.25) is 5.91 Å².